The zero-order chi connectivity index (χ0) is 12.1. The van der Waals surface area contributed by atoms with Gasteiger partial charge in [0, 0.05) is 11.8 Å². The van der Waals surface area contributed by atoms with Gasteiger partial charge in [-0.05, 0) is 32.0 Å². The van der Waals surface area contributed by atoms with E-state index in [0.29, 0.717) is 13.2 Å². The number of ether oxygens (including phenoxy) is 2. The highest BCUT2D eigenvalue weighted by Gasteiger charge is 2.13. The van der Waals surface area contributed by atoms with Crippen molar-refractivity contribution >= 4 is 0 Å². The minimum atomic E-state index is 0.605. The summed E-state index contributed by atoms with van der Waals surface area (Å²) >= 11 is 0. The quantitative estimate of drug-likeness (QED) is 0.860. The smallest absolute Gasteiger partial charge is 0.131 e. The second-order valence-corrected chi connectivity index (χ2v) is 3.41. The van der Waals surface area contributed by atoms with Crippen molar-refractivity contribution < 1.29 is 9.47 Å². The second-order valence-electron chi connectivity index (χ2n) is 3.41. The molecule has 0 bridgehead atoms. The zero-order valence-electron chi connectivity index (χ0n) is 9.99. The molecule has 4 nitrogen and oxygen atoms in total. The zero-order valence-corrected chi connectivity index (χ0v) is 9.99. The number of hydrogen-bond donors (Lipinski definition) is 1. The first-order valence-corrected chi connectivity index (χ1v) is 5.65. The third kappa shape index (κ3) is 2.41. The normalized spacial score (nSPS) is 10.2. The molecule has 4 heteroatoms. The standard InChI is InChI=1S/C13H15N2O2/c1-3-16-11-6-5-7-12(17-4-2)13(11)10-8-14-15-9-10/h6-9H,3-4H2,1-2H3,(H,14,15). The average Bonchev–Trinajstić information content (AvgIpc) is 2.84. The average molecular weight is 231 g/mol. The van der Waals surface area contributed by atoms with Crippen LogP contribution in [0.5, 0.6) is 11.5 Å². The third-order valence-corrected chi connectivity index (χ3v) is 2.31. The maximum atomic E-state index is 5.59. The Bertz CT molecular complexity index is 442. The summed E-state index contributed by atoms with van der Waals surface area (Å²) < 4.78 is 11.2. The molecule has 0 unspecified atom stereocenters. The Kier molecular flexibility index (Phi) is 3.65. The first-order valence-electron chi connectivity index (χ1n) is 5.65. The maximum Gasteiger partial charge on any atom is 0.131 e. The predicted octanol–water partition coefficient (Wildman–Crippen LogP) is 2.67. The Morgan fingerprint density at radius 1 is 1.18 bits per heavy atom. The SMILES string of the molecule is CCOc1c[c]cc(OCC)c1-c1cn[nH]c1. The van der Waals surface area contributed by atoms with E-state index in [4.69, 9.17) is 9.47 Å². The van der Waals surface area contributed by atoms with Crippen LogP contribution in [0.4, 0.5) is 0 Å². The Hall–Kier alpha value is -1.97. The van der Waals surface area contributed by atoms with Crippen molar-refractivity contribution in [3.8, 4) is 22.6 Å². The molecule has 0 aliphatic carbocycles. The Morgan fingerprint density at radius 2 is 1.82 bits per heavy atom. The van der Waals surface area contributed by atoms with Crippen LogP contribution in [0.15, 0.2) is 24.5 Å². The predicted molar refractivity (Wildman–Crippen MR) is 65.2 cm³/mol. The van der Waals surface area contributed by atoms with Crippen molar-refractivity contribution in [1.82, 2.24) is 10.2 Å². The Morgan fingerprint density at radius 3 is 2.29 bits per heavy atom. The highest BCUT2D eigenvalue weighted by molar-refractivity contribution is 5.75. The van der Waals surface area contributed by atoms with Crippen LogP contribution in [0.3, 0.4) is 0 Å². The monoisotopic (exact) mass is 231 g/mol. The van der Waals surface area contributed by atoms with Crippen molar-refractivity contribution in [2.75, 3.05) is 13.2 Å². The summed E-state index contributed by atoms with van der Waals surface area (Å²) in [6, 6.07) is 6.65. The molecular weight excluding hydrogens is 216 g/mol. The molecule has 0 fully saturated rings. The molecular formula is C13H15N2O2. The van der Waals surface area contributed by atoms with Gasteiger partial charge in [0.1, 0.15) is 11.5 Å². The first kappa shape index (κ1) is 11.5. The van der Waals surface area contributed by atoms with E-state index in [1.807, 2.05) is 32.2 Å². The summed E-state index contributed by atoms with van der Waals surface area (Å²) in [4.78, 5) is 0. The summed E-state index contributed by atoms with van der Waals surface area (Å²) in [5, 5.41) is 6.75. The first-order chi connectivity index (χ1) is 8.36. The van der Waals surface area contributed by atoms with Crippen molar-refractivity contribution in [2.24, 2.45) is 0 Å². The van der Waals surface area contributed by atoms with Gasteiger partial charge < -0.3 is 9.47 Å². The van der Waals surface area contributed by atoms with Gasteiger partial charge in [0.25, 0.3) is 0 Å². The van der Waals surface area contributed by atoms with Crippen molar-refractivity contribution in [1.29, 1.82) is 0 Å². The molecule has 0 saturated carbocycles. The van der Waals surface area contributed by atoms with Crippen LogP contribution in [0.2, 0.25) is 0 Å². The third-order valence-electron chi connectivity index (χ3n) is 2.31. The molecule has 1 N–H and O–H groups in total. The highest BCUT2D eigenvalue weighted by atomic mass is 16.5. The molecule has 0 aliphatic rings. The van der Waals surface area contributed by atoms with E-state index < -0.39 is 0 Å². The van der Waals surface area contributed by atoms with Gasteiger partial charge in [-0.1, -0.05) is 0 Å². The van der Waals surface area contributed by atoms with E-state index in [1.165, 1.54) is 0 Å². The Balaban J connectivity index is 2.50. The lowest BCUT2D eigenvalue weighted by Gasteiger charge is -2.13. The van der Waals surface area contributed by atoms with Crippen LogP contribution in [-0.4, -0.2) is 23.4 Å². The number of aromatic nitrogens is 2. The van der Waals surface area contributed by atoms with Crippen LogP contribution in [0.1, 0.15) is 13.8 Å². The molecule has 2 rings (SSSR count). The van der Waals surface area contributed by atoms with Crippen molar-refractivity contribution in [3.63, 3.8) is 0 Å². The van der Waals surface area contributed by atoms with Crippen LogP contribution >= 0.6 is 0 Å². The maximum absolute atomic E-state index is 5.59. The molecule has 1 radical (unpaired) electrons. The van der Waals surface area contributed by atoms with E-state index in [-0.39, 0.29) is 0 Å². The summed E-state index contributed by atoms with van der Waals surface area (Å²) in [5.74, 6) is 1.53. The highest BCUT2D eigenvalue weighted by Crippen LogP contribution is 2.37. The molecule has 1 heterocycles. The van der Waals surface area contributed by atoms with Gasteiger partial charge in [-0.25, -0.2) is 0 Å². The number of nitrogens with zero attached hydrogens (tertiary/aromatic N) is 1. The van der Waals surface area contributed by atoms with Gasteiger partial charge in [-0.3, -0.25) is 5.10 Å². The van der Waals surface area contributed by atoms with Crippen LogP contribution in [0.25, 0.3) is 11.1 Å². The lowest BCUT2D eigenvalue weighted by molar-refractivity contribution is 0.325. The topological polar surface area (TPSA) is 47.1 Å². The fourth-order valence-electron chi connectivity index (χ4n) is 1.67. The van der Waals surface area contributed by atoms with E-state index >= 15 is 0 Å². The second kappa shape index (κ2) is 5.39. The number of H-pyrrole nitrogens is 1. The van der Waals surface area contributed by atoms with Gasteiger partial charge in [0.2, 0.25) is 0 Å². The number of benzene rings is 1. The van der Waals surface area contributed by atoms with Crippen LogP contribution in [-0.2, 0) is 0 Å². The molecule has 0 atom stereocenters. The largest absolute Gasteiger partial charge is 0.493 e. The van der Waals surface area contributed by atoms with E-state index in [9.17, 15) is 0 Å². The fraction of sp³-hybridized carbons (Fsp3) is 0.308. The minimum Gasteiger partial charge on any atom is -0.493 e. The van der Waals surface area contributed by atoms with Crippen LogP contribution < -0.4 is 9.47 Å². The molecule has 0 saturated heterocycles. The van der Waals surface area contributed by atoms with Crippen molar-refractivity contribution in [3.05, 3.63) is 30.6 Å². The summed E-state index contributed by atoms with van der Waals surface area (Å²) in [5.41, 5.74) is 1.87. The molecule has 0 aliphatic heterocycles. The van der Waals surface area contributed by atoms with E-state index in [2.05, 4.69) is 16.3 Å². The number of hydrogen-bond acceptors (Lipinski definition) is 3. The molecule has 0 amide bonds. The summed E-state index contributed by atoms with van der Waals surface area (Å²) in [6.45, 7) is 5.11. The van der Waals surface area contributed by atoms with E-state index in [1.54, 1.807) is 6.20 Å². The minimum absolute atomic E-state index is 0.605. The number of aromatic amines is 1. The molecule has 17 heavy (non-hydrogen) atoms. The fourth-order valence-corrected chi connectivity index (χ4v) is 1.67. The lowest BCUT2D eigenvalue weighted by Crippen LogP contribution is -1.98. The van der Waals surface area contributed by atoms with Crippen molar-refractivity contribution in [2.45, 2.75) is 13.8 Å². The molecule has 1 aromatic heterocycles. The van der Waals surface area contributed by atoms with Gasteiger partial charge in [-0.15, -0.1) is 0 Å². The Labute approximate surface area is 101 Å². The van der Waals surface area contributed by atoms with Crippen LogP contribution in [0, 0.1) is 6.07 Å². The van der Waals surface area contributed by atoms with Gasteiger partial charge in [-0.2, -0.15) is 5.10 Å². The van der Waals surface area contributed by atoms with E-state index in [0.717, 1.165) is 22.6 Å². The number of nitrogens with one attached hydrogen (secondary N) is 1. The molecule has 89 valence electrons. The lowest BCUT2D eigenvalue weighted by atomic mass is 10.1. The molecule has 2 aromatic rings. The summed E-state index contributed by atoms with van der Waals surface area (Å²) in [7, 11) is 0. The molecule has 1 aromatic carbocycles. The number of rotatable bonds is 5. The molecule has 0 spiro atoms. The van der Waals surface area contributed by atoms with Gasteiger partial charge >= 0.3 is 0 Å². The summed E-state index contributed by atoms with van der Waals surface area (Å²) in [6.07, 6.45) is 3.57. The van der Waals surface area contributed by atoms with Gasteiger partial charge in [0.15, 0.2) is 0 Å². The van der Waals surface area contributed by atoms with Gasteiger partial charge in [0.05, 0.1) is 25.0 Å².